The minimum Gasteiger partial charge on any atom is -0.356 e. The standard InChI is InChI=1S/C20H23ClFN5O2.ClH/c1-24-16-9-17(26-7-3-4-14(23)11-26)27(18(16)19(28)25(2)20(24)29)10-12-8-13(22)5-6-15(12)21;/h5-6,8-9,14H,3-4,7,10-11,23H2,1-2H3;1H. The number of benzene rings is 1. The third-order valence-corrected chi connectivity index (χ3v) is 5.98. The lowest BCUT2D eigenvalue weighted by Crippen LogP contribution is -2.43. The zero-order valence-electron chi connectivity index (χ0n) is 16.8. The average Bonchev–Trinajstić information content (AvgIpc) is 3.07. The first-order chi connectivity index (χ1) is 13.8. The molecule has 1 aromatic carbocycles. The van der Waals surface area contributed by atoms with Crippen molar-refractivity contribution in [2.75, 3.05) is 18.0 Å². The van der Waals surface area contributed by atoms with E-state index in [1.165, 1.54) is 29.8 Å². The SMILES string of the molecule is Cl.Cn1c(=O)c2c(cc(N3CCCC(N)C3)n2Cc2cc(F)ccc2Cl)n(C)c1=O. The third-order valence-electron chi connectivity index (χ3n) is 5.62. The van der Waals surface area contributed by atoms with Gasteiger partial charge in [0.15, 0.2) is 0 Å². The van der Waals surface area contributed by atoms with Crippen molar-refractivity contribution in [2.45, 2.75) is 25.4 Å². The molecule has 3 heterocycles. The molecule has 162 valence electrons. The number of hydrogen-bond acceptors (Lipinski definition) is 4. The fourth-order valence-electron chi connectivity index (χ4n) is 4.05. The first-order valence-corrected chi connectivity index (χ1v) is 9.89. The third kappa shape index (κ3) is 3.75. The normalized spacial score (nSPS) is 16.7. The molecule has 1 saturated heterocycles. The molecule has 0 bridgehead atoms. The molecule has 30 heavy (non-hydrogen) atoms. The molecule has 0 saturated carbocycles. The second-order valence-electron chi connectivity index (χ2n) is 7.61. The van der Waals surface area contributed by atoms with Crippen LogP contribution >= 0.6 is 24.0 Å². The van der Waals surface area contributed by atoms with Crippen molar-refractivity contribution >= 4 is 40.9 Å². The van der Waals surface area contributed by atoms with E-state index in [1.54, 1.807) is 7.05 Å². The number of fused-ring (bicyclic) bond motifs is 1. The molecule has 1 fully saturated rings. The summed E-state index contributed by atoms with van der Waals surface area (Å²) in [5.41, 5.74) is 6.84. The summed E-state index contributed by atoms with van der Waals surface area (Å²) in [5, 5.41) is 0.413. The van der Waals surface area contributed by atoms with Crippen LogP contribution in [0.4, 0.5) is 10.2 Å². The van der Waals surface area contributed by atoms with Gasteiger partial charge in [0.1, 0.15) is 17.2 Å². The van der Waals surface area contributed by atoms with E-state index >= 15 is 0 Å². The van der Waals surface area contributed by atoms with Crippen LogP contribution < -0.4 is 21.9 Å². The highest BCUT2D eigenvalue weighted by Crippen LogP contribution is 2.29. The lowest BCUT2D eigenvalue weighted by Gasteiger charge is -2.33. The van der Waals surface area contributed by atoms with E-state index in [9.17, 15) is 14.0 Å². The van der Waals surface area contributed by atoms with Gasteiger partial charge in [0, 0.05) is 44.3 Å². The van der Waals surface area contributed by atoms with Crippen molar-refractivity contribution in [1.82, 2.24) is 13.7 Å². The van der Waals surface area contributed by atoms with Gasteiger partial charge in [-0.1, -0.05) is 11.6 Å². The number of hydrogen-bond donors (Lipinski definition) is 1. The molecule has 3 aromatic rings. The maximum atomic E-state index is 13.9. The number of anilines is 1. The Bertz CT molecular complexity index is 1220. The average molecular weight is 456 g/mol. The molecular weight excluding hydrogens is 432 g/mol. The van der Waals surface area contributed by atoms with Crippen LogP contribution in [0.2, 0.25) is 5.02 Å². The molecule has 2 N–H and O–H groups in total. The van der Waals surface area contributed by atoms with E-state index in [-0.39, 0.29) is 25.0 Å². The van der Waals surface area contributed by atoms with Gasteiger partial charge in [-0.2, -0.15) is 0 Å². The van der Waals surface area contributed by atoms with Crippen molar-refractivity contribution in [3.63, 3.8) is 0 Å². The zero-order chi connectivity index (χ0) is 20.9. The van der Waals surface area contributed by atoms with Crippen LogP contribution in [0, 0.1) is 5.82 Å². The molecular formula is C20H24Cl2FN5O2. The van der Waals surface area contributed by atoms with E-state index in [0.29, 0.717) is 28.2 Å². The van der Waals surface area contributed by atoms with Crippen molar-refractivity contribution < 1.29 is 4.39 Å². The summed E-state index contributed by atoms with van der Waals surface area (Å²) in [6, 6.07) is 6.03. The highest BCUT2D eigenvalue weighted by Gasteiger charge is 2.24. The Balaban J connectivity index is 0.00000256. The largest absolute Gasteiger partial charge is 0.356 e. The molecule has 0 spiro atoms. The maximum absolute atomic E-state index is 13.9. The number of aryl methyl sites for hydroxylation is 1. The molecule has 1 aliphatic heterocycles. The lowest BCUT2D eigenvalue weighted by molar-refractivity contribution is 0.498. The molecule has 1 unspecified atom stereocenters. The van der Waals surface area contributed by atoms with E-state index in [1.807, 2.05) is 10.6 Å². The van der Waals surface area contributed by atoms with E-state index in [0.717, 1.165) is 29.8 Å². The van der Waals surface area contributed by atoms with Gasteiger partial charge in [0.2, 0.25) is 0 Å². The van der Waals surface area contributed by atoms with Gasteiger partial charge >= 0.3 is 5.69 Å². The monoisotopic (exact) mass is 455 g/mol. The number of piperidine rings is 1. The number of aromatic nitrogens is 3. The van der Waals surface area contributed by atoms with Crippen LogP contribution in [0.15, 0.2) is 33.9 Å². The Morgan fingerprint density at radius 2 is 1.93 bits per heavy atom. The smallest absolute Gasteiger partial charge is 0.331 e. The fraction of sp³-hybridized carbons (Fsp3) is 0.400. The summed E-state index contributed by atoms with van der Waals surface area (Å²) >= 11 is 6.30. The number of rotatable bonds is 3. The molecule has 0 aliphatic carbocycles. The Labute approximate surface area is 183 Å². The molecule has 2 aromatic heterocycles. The van der Waals surface area contributed by atoms with Gasteiger partial charge in [-0.05, 0) is 36.6 Å². The Kier molecular flexibility index (Phi) is 6.31. The minimum absolute atomic E-state index is 0. The molecule has 10 heteroatoms. The summed E-state index contributed by atoms with van der Waals surface area (Å²) in [7, 11) is 3.09. The second kappa shape index (κ2) is 8.45. The second-order valence-corrected chi connectivity index (χ2v) is 8.02. The van der Waals surface area contributed by atoms with Crippen molar-refractivity contribution in [3.05, 3.63) is 61.5 Å². The summed E-state index contributed by atoms with van der Waals surface area (Å²) in [6.07, 6.45) is 1.87. The summed E-state index contributed by atoms with van der Waals surface area (Å²) in [5.74, 6) is 0.372. The summed E-state index contributed by atoms with van der Waals surface area (Å²) in [6.45, 7) is 1.63. The fourth-order valence-corrected chi connectivity index (χ4v) is 4.23. The van der Waals surface area contributed by atoms with Crippen LogP contribution in [-0.2, 0) is 20.6 Å². The van der Waals surface area contributed by atoms with Gasteiger partial charge < -0.3 is 15.2 Å². The molecule has 1 aliphatic rings. The highest BCUT2D eigenvalue weighted by atomic mass is 35.5. The lowest BCUT2D eigenvalue weighted by atomic mass is 10.1. The van der Waals surface area contributed by atoms with Crippen LogP contribution in [0.25, 0.3) is 11.0 Å². The van der Waals surface area contributed by atoms with Crippen molar-refractivity contribution in [3.8, 4) is 0 Å². The molecule has 4 rings (SSSR count). The van der Waals surface area contributed by atoms with Gasteiger partial charge in [-0.25, -0.2) is 9.18 Å². The number of nitrogens with two attached hydrogens (primary N) is 1. The van der Waals surface area contributed by atoms with Crippen molar-refractivity contribution in [2.24, 2.45) is 19.8 Å². The first kappa shape index (κ1) is 22.4. The topological polar surface area (TPSA) is 78.2 Å². The predicted molar refractivity (Wildman–Crippen MR) is 120 cm³/mol. The maximum Gasteiger partial charge on any atom is 0.331 e. The Morgan fingerprint density at radius 1 is 1.20 bits per heavy atom. The van der Waals surface area contributed by atoms with Crippen molar-refractivity contribution in [1.29, 1.82) is 0 Å². The Morgan fingerprint density at radius 3 is 2.63 bits per heavy atom. The molecule has 0 radical (unpaired) electrons. The Hall–Kier alpha value is -2.29. The molecule has 0 amide bonds. The highest BCUT2D eigenvalue weighted by molar-refractivity contribution is 6.31. The summed E-state index contributed by atoms with van der Waals surface area (Å²) < 4.78 is 18.2. The summed E-state index contributed by atoms with van der Waals surface area (Å²) in [4.78, 5) is 27.5. The molecule has 7 nitrogen and oxygen atoms in total. The number of halogens is 3. The van der Waals surface area contributed by atoms with E-state index < -0.39 is 17.1 Å². The van der Waals surface area contributed by atoms with E-state index in [2.05, 4.69) is 4.90 Å². The first-order valence-electron chi connectivity index (χ1n) is 9.51. The van der Waals surface area contributed by atoms with Crippen LogP contribution in [0.3, 0.4) is 0 Å². The number of nitrogens with zero attached hydrogens (tertiary/aromatic N) is 4. The minimum atomic E-state index is -0.400. The molecule has 1 atom stereocenters. The van der Waals surface area contributed by atoms with Gasteiger partial charge in [0.05, 0.1) is 12.1 Å². The van der Waals surface area contributed by atoms with Crippen LogP contribution in [0.5, 0.6) is 0 Å². The van der Waals surface area contributed by atoms with Gasteiger partial charge in [0.25, 0.3) is 5.56 Å². The van der Waals surface area contributed by atoms with Crippen LogP contribution in [0.1, 0.15) is 18.4 Å². The van der Waals surface area contributed by atoms with Gasteiger partial charge in [-0.3, -0.25) is 13.9 Å². The quantitative estimate of drug-likeness (QED) is 0.656. The van der Waals surface area contributed by atoms with Crippen LogP contribution in [-0.4, -0.2) is 32.8 Å². The predicted octanol–water partition coefficient (Wildman–Crippen LogP) is 2.23. The van der Waals surface area contributed by atoms with E-state index in [4.69, 9.17) is 17.3 Å². The van der Waals surface area contributed by atoms with Gasteiger partial charge in [-0.15, -0.1) is 12.4 Å². The zero-order valence-corrected chi connectivity index (χ0v) is 18.3.